The zero-order chi connectivity index (χ0) is 20.2. The maximum absolute atomic E-state index is 11.2. The van der Waals surface area contributed by atoms with Crippen molar-refractivity contribution in [1.29, 1.82) is 0 Å². The number of hydrogen-bond acceptors (Lipinski definition) is 7. The number of ether oxygens (including phenoxy) is 1. The Kier molecular flexibility index (Phi) is 4.04. The third-order valence-electron chi connectivity index (χ3n) is 6.42. The number of nitrogens with two attached hydrogens (primary N) is 1. The number of methoxy groups -OCH3 is 1. The van der Waals surface area contributed by atoms with Crippen LogP contribution in [0.4, 0.5) is 17.5 Å². The molecule has 4 N–H and O–H groups in total. The van der Waals surface area contributed by atoms with E-state index >= 15 is 0 Å². The molecule has 0 spiro atoms. The summed E-state index contributed by atoms with van der Waals surface area (Å²) in [7, 11) is 1.72. The molecule has 5 rings (SSSR count). The van der Waals surface area contributed by atoms with Crippen molar-refractivity contribution in [3.63, 3.8) is 0 Å². The average molecular weight is 394 g/mol. The normalized spacial score (nSPS) is 23.1. The van der Waals surface area contributed by atoms with Crippen molar-refractivity contribution < 1.29 is 9.84 Å². The lowest BCUT2D eigenvalue weighted by atomic mass is 9.83. The number of aliphatic hydroxyl groups is 1. The molecular formula is C21H26N6O2. The number of nitrogens with zero attached hydrogens (tertiary/aromatic N) is 4. The second-order valence-electron chi connectivity index (χ2n) is 8.56. The fraction of sp³-hybridized carbons (Fsp3) is 0.476. The van der Waals surface area contributed by atoms with Crippen LogP contribution in [0.5, 0.6) is 0 Å². The molecule has 3 aromatic rings. The molecule has 1 fully saturated rings. The minimum absolute atomic E-state index is 0.187. The van der Waals surface area contributed by atoms with Gasteiger partial charge in [-0.1, -0.05) is 31.9 Å². The van der Waals surface area contributed by atoms with Gasteiger partial charge in [0.1, 0.15) is 5.52 Å². The summed E-state index contributed by atoms with van der Waals surface area (Å²) in [6.45, 7) is 3.45. The first-order chi connectivity index (χ1) is 13.9. The van der Waals surface area contributed by atoms with Gasteiger partial charge in [-0.3, -0.25) is 0 Å². The van der Waals surface area contributed by atoms with Crippen LogP contribution in [-0.2, 0) is 15.8 Å². The fourth-order valence-corrected chi connectivity index (χ4v) is 4.98. The Bertz CT molecular complexity index is 1070. The van der Waals surface area contributed by atoms with Crippen molar-refractivity contribution in [2.75, 3.05) is 30.9 Å². The van der Waals surface area contributed by atoms with Crippen molar-refractivity contribution >= 4 is 28.6 Å². The lowest BCUT2D eigenvalue weighted by Gasteiger charge is -2.25. The van der Waals surface area contributed by atoms with Gasteiger partial charge in [0.2, 0.25) is 5.95 Å². The molecule has 8 nitrogen and oxygen atoms in total. The van der Waals surface area contributed by atoms with Gasteiger partial charge in [-0.2, -0.15) is 9.97 Å². The summed E-state index contributed by atoms with van der Waals surface area (Å²) < 4.78 is 5.56. The Labute approximate surface area is 169 Å². The Morgan fingerprint density at radius 2 is 2.07 bits per heavy atom. The van der Waals surface area contributed by atoms with Gasteiger partial charge in [-0.15, -0.1) is 0 Å². The lowest BCUT2D eigenvalue weighted by Crippen LogP contribution is -2.33. The first kappa shape index (κ1) is 18.3. The molecule has 2 aromatic heterocycles. The number of nitrogen functional groups attached to an aromatic ring is 1. The van der Waals surface area contributed by atoms with Crippen LogP contribution in [0.15, 0.2) is 24.5 Å². The number of benzene rings is 1. The molecule has 152 valence electrons. The summed E-state index contributed by atoms with van der Waals surface area (Å²) in [6.07, 6.45) is 5.30. The number of fused-ring (bicyclic) bond motifs is 2. The summed E-state index contributed by atoms with van der Waals surface area (Å²) >= 11 is 0. The average Bonchev–Trinajstić information content (AvgIpc) is 3.40. The zero-order valence-electron chi connectivity index (χ0n) is 16.8. The third-order valence-corrected chi connectivity index (χ3v) is 6.42. The molecule has 0 saturated heterocycles. The minimum Gasteiger partial charge on any atom is -0.385 e. The van der Waals surface area contributed by atoms with Crippen molar-refractivity contribution in [3.05, 3.63) is 35.7 Å². The summed E-state index contributed by atoms with van der Waals surface area (Å²) in [5.74, 6) is 0.883. The van der Waals surface area contributed by atoms with E-state index in [2.05, 4.69) is 50.0 Å². The first-order valence-electron chi connectivity index (χ1n) is 10.0. The molecule has 1 atom stereocenters. The number of aromatic nitrogens is 4. The second kappa shape index (κ2) is 6.40. The molecule has 0 amide bonds. The molecule has 1 saturated carbocycles. The topological polar surface area (TPSA) is 113 Å². The molecule has 0 radical (unpaired) electrons. The van der Waals surface area contributed by atoms with E-state index in [9.17, 15) is 5.11 Å². The van der Waals surface area contributed by atoms with Crippen molar-refractivity contribution in [3.8, 4) is 0 Å². The molecular weight excluding hydrogens is 368 g/mol. The van der Waals surface area contributed by atoms with Crippen molar-refractivity contribution in [2.45, 2.75) is 43.6 Å². The Morgan fingerprint density at radius 1 is 1.28 bits per heavy atom. The Hall–Kier alpha value is -2.71. The number of aromatic amines is 1. The molecule has 0 bridgehead atoms. The van der Waals surface area contributed by atoms with Gasteiger partial charge in [0.15, 0.2) is 11.5 Å². The fourth-order valence-electron chi connectivity index (χ4n) is 4.98. The number of anilines is 3. The maximum Gasteiger partial charge on any atom is 0.224 e. The van der Waals surface area contributed by atoms with Crippen LogP contribution in [0.25, 0.3) is 11.2 Å². The molecule has 1 aliphatic carbocycles. The Morgan fingerprint density at radius 3 is 2.83 bits per heavy atom. The van der Waals surface area contributed by atoms with Gasteiger partial charge in [-0.05, 0) is 30.0 Å². The molecule has 1 aliphatic heterocycles. The predicted molar refractivity (Wildman–Crippen MR) is 111 cm³/mol. The molecule has 29 heavy (non-hydrogen) atoms. The molecule has 1 aromatic carbocycles. The van der Waals surface area contributed by atoms with E-state index in [0.29, 0.717) is 24.6 Å². The largest absolute Gasteiger partial charge is 0.385 e. The van der Waals surface area contributed by atoms with Crippen LogP contribution in [0.1, 0.15) is 43.7 Å². The highest BCUT2D eigenvalue weighted by Gasteiger charge is 2.42. The lowest BCUT2D eigenvalue weighted by molar-refractivity contribution is 0.0445. The van der Waals surface area contributed by atoms with Gasteiger partial charge in [0.25, 0.3) is 0 Å². The highest BCUT2D eigenvalue weighted by Crippen LogP contribution is 2.48. The summed E-state index contributed by atoms with van der Waals surface area (Å²) in [5, 5.41) is 11.2. The van der Waals surface area contributed by atoms with Gasteiger partial charge < -0.3 is 25.5 Å². The minimum atomic E-state index is -0.755. The van der Waals surface area contributed by atoms with E-state index in [-0.39, 0.29) is 11.4 Å². The van der Waals surface area contributed by atoms with Crippen molar-refractivity contribution in [2.24, 2.45) is 0 Å². The van der Waals surface area contributed by atoms with Gasteiger partial charge in [-0.25, -0.2) is 4.98 Å². The van der Waals surface area contributed by atoms with Gasteiger partial charge in [0, 0.05) is 24.8 Å². The SMILES string of the molecule is COCC1(C)CN(c2nc(N)nc3nc[nH]c23)c2cc(C3(O)CCCC3)ccc21. The number of H-pyrrole nitrogens is 1. The molecule has 3 heterocycles. The summed E-state index contributed by atoms with van der Waals surface area (Å²) in [5.41, 5.74) is 9.46. The summed E-state index contributed by atoms with van der Waals surface area (Å²) in [4.78, 5) is 18.3. The third kappa shape index (κ3) is 2.78. The van der Waals surface area contributed by atoms with Crippen LogP contribution in [0.3, 0.4) is 0 Å². The van der Waals surface area contributed by atoms with E-state index in [1.807, 2.05) is 0 Å². The van der Waals surface area contributed by atoms with E-state index in [1.165, 1.54) is 5.56 Å². The second-order valence-corrected chi connectivity index (χ2v) is 8.56. The standard InChI is InChI=1S/C21H26N6O2/c1-20(11-29-2)10-27(18-16-17(24-12-23-16)25-19(22)26-18)15-9-13(5-6-14(15)20)21(28)7-3-4-8-21/h5-6,9,12,28H,3-4,7-8,10-11H2,1-2H3,(H3,22,23,24,25,26). The smallest absolute Gasteiger partial charge is 0.224 e. The van der Waals surface area contributed by atoms with E-state index in [4.69, 9.17) is 10.5 Å². The zero-order valence-corrected chi connectivity index (χ0v) is 16.8. The number of nitrogens with one attached hydrogen (secondary N) is 1. The number of imidazole rings is 1. The van der Waals surface area contributed by atoms with Gasteiger partial charge in [0.05, 0.1) is 18.5 Å². The van der Waals surface area contributed by atoms with Gasteiger partial charge >= 0.3 is 0 Å². The highest BCUT2D eigenvalue weighted by molar-refractivity contribution is 5.89. The van der Waals surface area contributed by atoms with Crippen LogP contribution in [-0.4, -0.2) is 45.3 Å². The maximum atomic E-state index is 11.2. The molecule has 8 heteroatoms. The van der Waals surface area contributed by atoms with Crippen LogP contribution in [0, 0.1) is 0 Å². The van der Waals surface area contributed by atoms with E-state index in [1.54, 1.807) is 13.4 Å². The van der Waals surface area contributed by atoms with Crippen LogP contribution < -0.4 is 10.6 Å². The van der Waals surface area contributed by atoms with Crippen LogP contribution >= 0.6 is 0 Å². The number of hydrogen-bond donors (Lipinski definition) is 3. The molecule has 1 unspecified atom stereocenters. The predicted octanol–water partition coefficient (Wildman–Crippen LogP) is 2.75. The highest BCUT2D eigenvalue weighted by atomic mass is 16.5. The summed E-state index contributed by atoms with van der Waals surface area (Å²) in [6, 6.07) is 6.32. The molecule has 2 aliphatic rings. The first-order valence-corrected chi connectivity index (χ1v) is 10.0. The Balaban J connectivity index is 1.69. The monoisotopic (exact) mass is 394 g/mol. The van der Waals surface area contributed by atoms with E-state index < -0.39 is 5.60 Å². The van der Waals surface area contributed by atoms with Crippen LogP contribution in [0.2, 0.25) is 0 Å². The van der Waals surface area contributed by atoms with Crippen molar-refractivity contribution in [1.82, 2.24) is 19.9 Å². The van der Waals surface area contributed by atoms with E-state index in [0.717, 1.165) is 42.5 Å². The quantitative estimate of drug-likeness (QED) is 0.623. The number of rotatable bonds is 4.